The quantitative estimate of drug-likeness (QED) is 0.776. The van der Waals surface area contributed by atoms with Crippen LogP contribution in [0.5, 0.6) is 0 Å². The first-order chi connectivity index (χ1) is 11.1. The Kier molecular flexibility index (Phi) is 6.31. The number of amides is 1. The second kappa shape index (κ2) is 8.45. The van der Waals surface area contributed by atoms with Gasteiger partial charge in [-0.25, -0.2) is 0 Å². The number of carbonyl (C=O) groups is 1. The first-order valence-corrected chi connectivity index (χ1v) is 7.72. The van der Waals surface area contributed by atoms with Gasteiger partial charge in [-0.1, -0.05) is 42.4 Å². The molecule has 0 saturated carbocycles. The number of aliphatic hydroxyl groups is 1. The molecule has 0 spiro atoms. The fourth-order valence-corrected chi connectivity index (χ4v) is 2.25. The third-order valence-corrected chi connectivity index (χ3v) is 3.56. The molecule has 6 heteroatoms. The van der Waals surface area contributed by atoms with Crippen LogP contribution in [0, 0.1) is 0 Å². The Morgan fingerprint density at radius 1 is 1.35 bits per heavy atom. The van der Waals surface area contributed by atoms with E-state index in [4.69, 9.17) is 9.63 Å². The number of aliphatic hydroxyl groups excluding tert-OH is 1. The largest absolute Gasteiger partial charge is 0.394 e. The zero-order valence-corrected chi connectivity index (χ0v) is 13.5. The Balaban J connectivity index is 1.90. The van der Waals surface area contributed by atoms with E-state index in [9.17, 15) is 4.79 Å². The van der Waals surface area contributed by atoms with E-state index in [1.165, 1.54) is 5.56 Å². The number of benzene rings is 1. The molecule has 0 aliphatic carbocycles. The first kappa shape index (κ1) is 17.2. The van der Waals surface area contributed by atoms with E-state index in [1.807, 2.05) is 32.2 Å². The van der Waals surface area contributed by atoms with Crippen LogP contribution >= 0.6 is 0 Å². The molecule has 1 aromatic carbocycles. The predicted molar refractivity (Wildman–Crippen MR) is 86.7 cm³/mol. The summed E-state index contributed by atoms with van der Waals surface area (Å²) < 4.78 is 5.23. The van der Waals surface area contributed by atoms with Crippen molar-refractivity contribution in [1.29, 1.82) is 0 Å². The number of carbonyl (C=O) groups excluding carboxylic acids is 1. The number of nitrogens with one attached hydrogen (secondary N) is 1. The SMILES string of the molecule is CCC(CO)NC(=O)c1cc(CN(C)Cc2ccccc2)on1. The Labute approximate surface area is 136 Å². The van der Waals surface area contributed by atoms with E-state index in [1.54, 1.807) is 6.07 Å². The minimum Gasteiger partial charge on any atom is -0.394 e. The summed E-state index contributed by atoms with van der Waals surface area (Å²) in [6.07, 6.45) is 0.659. The molecule has 124 valence electrons. The lowest BCUT2D eigenvalue weighted by atomic mass is 10.2. The van der Waals surface area contributed by atoms with Crippen LogP contribution < -0.4 is 5.32 Å². The van der Waals surface area contributed by atoms with Crippen LogP contribution in [-0.2, 0) is 13.1 Å². The van der Waals surface area contributed by atoms with Crippen molar-refractivity contribution in [3.05, 3.63) is 53.4 Å². The molecule has 0 bridgehead atoms. The zero-order valence-electron chi connectivity index (χ0n) is 13.5. The van der Waals surface area contributed by atoms with Gasteiger partial charge in [0.15, 0.2) is 11.5 Å². The molecule has 0 aliphatic heterocycles. The van der Waals surface area contributed by atoms with Gasteiger partial charge in [-0.2, -0.15) is 0 Å². The number of hydrogen-bond donors (Lipinski definition) is 2. The van der Waals surface area contributed by atoms with Gasteiger partial charge in [-0.3, -0.25) is 9.69 Å². The minimum absolute atomic E-state index is 0.0905. The molecule has 1 atom stereocenters. The molecule has 1 amide bonds. The standard InChI is InChI=1S/C17H23N3O3/c1-3-14(12-21)18-17(22)16-9-15(23-19-16)11-20(2)10-13-7-5-4-6-8-13/h4-9,14,21H,3,10-12H2,1-2H3,(H,18,22). The van der Waals surface area contributed by atoms with Crippen LogP contribution in [0.2, 0.25) is 0 Å². The van der Waals surface area contributed by atoms with E-state index in [0.29, 0.717) is 18.7 Å². The molecule has 1 heterocycles. The predicted octanol–water partition coefficient (Wildman–Crippen LogP) is 1.81. The lowest BCUT2D eigenvalue weighted by Gasteiger charge is -2.14. The fraction of sp³-hybridized carbons (Fsp3) is 0.412. The maximum Gasteiger partial charge on any atom is 0.273 e. The summed E-state index contributed by atoms with van der Waals surface area (Å²) in [5.74, 6) is 0.303. The summed E-state index contributed by atoms with van der Waals surface area (Å²) in [5, 5.41) is 15.6. The van der Waals surface area contributed by atoms with Crippen molar-refractivity contribution < 1.29 is 14.4 Å². The maximum absolute atomic E-state index is 12.0. The van der Waals surface area contributed by atoms with Crippen molar-refractivity contribution in [2.24, 2.45) is 0 Å². The lowest BCUT2D eigenvalue weighted by Crippen LogP contribution is -2.37. The van der Waals surface area contributed by atoms with Gasteiger partial charge in [0.2, 0.25) is 0 Å². The summed E-state index contributed by atoms with van der Waals surface area (Å²) in [6.45, 7) is 3.15. The Morgan fingerprint density at radius 3 is 2.74 bits per heavy atom. The summed E-state index contributed by atoms with van der Waals surface area (Å²) in [6, 6.07) is 11.5. The number of hydrogen-bond acceptors (Lipinski definition) is 5. The average Bonchev–Trinajstić information content (AvgIpc) is 3.01. The second-order valence-electron chi connectivity index (χ2n) is 5.60. The van der Waals surface area contributed by atoms with Gasteiger partial charge in [0.05, 0.1) is 19.2 Å². The Hall–Kier alpha value is -2.18. The van der Waals surface area contributed by atoms with Crippen molar-refractivity contribution in [2.75, 3.05) is 13.7 Å². The van der Waals surface area contributed by atoms with Gasteiger partial charge in [0.1, 0.15) is 0 Å². The molecule has 1 unspecified atom stereocenters. The lowest BCUT2D eigenvalue weighted by molar-refractivity contribution is 0.0905. The number of nitrogens with zero attached hydrogens (tertiary/aromatic N) is 2. The summed E-state index contributed by atoms with van der Waals surface area (Å²) in [4.78, 5) is 14.1. The molecule has 0 radical (unpaired) electrons. The van der Waals surface area contributed by atoms with Gasteiger partial charge >= 0.3 is 0 Å². The molecule has 0 fully saturated rings. The summed E-state index contributed by atoms with van der Waals surface area (Å²) in [5.41, 5.74) is 1.45. The van der Waals surface area contributed by atoms with E-state index in [-0.39, 0.29) is 24.2 Å². The molecule has 23 heavy (non-hydrogen) atoms. The van der Waals surface area contributed by atoms with Gasteiger partial charge in [-0.05, 0) is 19.0 Å². The smallest absolute Gasteiger partial charge is 0.273 e. The highest BCUT2D eigenvalue weighted by atomic mass is 16.5. The monoisotopic (exact) mass is 317 g/mol. The summed E-state index contributed by atoms with van der Waals surface area (Å²) in [7, 11) is 1.98. The first-order valence-electron chi connectivity index (χ1n) is 7.72. The van der Waals surface area contributed by atoms with Crippen molar-refractivity contribution in [3.8, 4) is 0 Å². The van der Waals surface area contributed by atoms with Crippen LogP contribution in [0.3, 0.4) is 0 Å². The molecule has 2 N–H and O–H groups in total. The molecule has 2 aromatic rings. The molecule has 0 saturated heterocycles. The number of rotatable bonds is 8. The maximum atomic E-state index is 12.0. The topological polar surface area (TPSA) is 78.6 Å². The van der Waals surface area contributed by atoms with Gasteiger partial charge in [0.25, 0.3) is 5.91 Å². The zero-order chi connectivity index (χ0) is 16.7. The molecular formula is C17H23N3O3. The van der Waals surface area contributed by atoms with Crippen LogP contribution in [0.15, 0.2) is 40.9 Å². The van der Waals surface area contributed by atoms with Crippen molar-refractivity contribution in [2.45, 2.75) is 32.5 Å². The van der Waals surface area contributed by atoms with Crippen molar-refractivity contribution in [1.82, 2.24) is 15.4 Å². The third-order valence-electron chi connectivity index (χ3n) is 3.56. The molecule has 0 aliphatic rings. The van der Waals surface area contributed by atoms with Crippen molar-refractivity contribution in [3.63, 3.8) is 0 Å². The number of aromatic nitrogens is 1. The van der Waals surface area contributed by atoms with Crippen molar-refractivity contribution >= 4 is 5.91 Å². The van der Waals surface area contributed by atoms with E-state index >= 15 is 0 Å². The molecule has 6 nitrogen and oxygen atoms in total. The van der Waals surface area contributed by atoms with Gasteiger partial charge < -0.3 is 14.9 Å². The highest BCUT2D eigenvalue weighted by molar-refractivity contribution is 5.92. The summed E-state index contributed by atoms with van der Waals surface area (Å²) >= 11 is 0. The van der Waals surface area contributed by atoms with Gasteiger partial charge in [0, 0.05) is 12.6 Å². The highest BCUT2D eigenvalue weighted by Gasteiger charge is 2.16. The molecule has 1 aromatic heterocycles. The van der Waals surface area contributed by atoms with E-state index in [0.717, 1.165) is 6.54 Å². The average molecular weight is 317 g/mol. The van der Waals surface area contributed by atoms with Crippen LogP contribution in [0.4, 0.5) is 0 Å². The normalized spacial score (nSPS) is 12.3. The van der Waals surface area contributed by atoms with Gasteiger partial charge in [-0.15, -0.1) is 0 Å². The minimum atomic E-state index is -0.327. The fourth-order valence-electron chi connectivity index (χ4n) is 2.25. The van der Waals surface area contributed by atoms with E-state index in [2.05, 4.69) is 27.5 Å². The molecular weight excluding hydrogens is 294 g/mol. The molecule has 2 rings (SSSR count). The van der Waals surface area contributed by atoms with E-state index < -0.39 is 0 Å². The highest BCUT2D eigenvalue weighted by Crippen LogP contribution is 2.10. The Bertz CT molecular complexity index is 609. The van der Waals surface area contributed by atoms with Crippen LogP contribution in [0.25, 0.3) is 0 Å². The van der Waals surface area contributed by atoms with Crippen LogP contribution in [0.1, 0.15) is 35.2 Å². The second-order valence-corrected chi connectivity index (χ2v) is 5.60. The third kappa shape index (κ3) is 5.19. The van der Waals surface area contributed by atoms with Crippen LogP contribution in [-0.4, -0.2) is 40.8 Å². The Morgan fingerprint density at radius 2 is 2.09 bits per heavy atom.